The van der Waals surface area contributed by atoms with Crippen LogP contribution in [0.5, 0.6) is 0 Å². The molecule has 2 atom stereocenters. The van der Waals surface area contributed by atoms with Crippen LogP contribution in [-0.4, -0.2) is 62.6 Å². The van der Waals surface area contributed by atoms with Crippen molar-refractivity contribution in [1.29, 1.82) is 0 Å². The summed E-state index contributed by atoms with van der Waals surface area (Å²) in [5, 5.41) is 11.6. The summed E-state index contributed by atoms with van der Waals surface area (Å²) in [4.78, 5) is 21.3. The number of nitrogens with zero attached hydrogens (tertiary/aromatic N) is 4. The molecular formula is C20H26N4O2. The lowest BCUT2D eigenvalue weighted by molar-refractivity contribution is -0.0879. The number of imidazole rings is 1. The number of aliphatic hydroxyl groups is 1. The van der Waals surface area contributed by atoms with Crippen LogP contribution in [0.3, 0.4) is 0 Å². The minimum absolute atomic E-state index is 0.0585. The average Bonchev–Trinajstić information content (AvgIpc) is 3.34. The molecule has 0 aliphatic carbocycles. The number of carbonyl (C=O) groups excluding carboxylic acids is 1. The van der Waals surface area contributed by atoms with Crippen LogP contribution in [0.15, 0.2) is 42.7 Å². The molecule has 6 nitrogen and oxygen atoms in total. The largest absolute Gasteiger partial charge is 0.383 e. The minimum Gasteiger partial charge on any atom is -0.383 e. The Kier molecular flexibility index (Phi) is 4.54. The van der Waals surface area contributed by atoms with Crippen LogP contribution in [0.2, 0.25) is 0 Å². The highest BCUT2D eigenvalue weighted by molar-refractivity contribution is 5.91. The Hall–Kier alpha value is -2.18. The molecular weight excluding hydrogens is 328 g/mol. The molecule has 1 N–H and O–H groups in total. The van der Waals surface area contributed by atoms with Crippen molar-refractivity contribution in [3.8, 4) is 0 Å². The summed E-state index contributed by atoms with van der Waals surface area (Å²) in [6.45, 7) is 3.01. The molecule has 2 saturated heterocycles. The summed E-state index contributed by atoms with van der Waals surface area (Å²) in [7, 11) is 1.84. The molecule has 1 amide bonds. The number of hydrogen-bond acceptors (Lipinski definition) is 4. The summed E-state index contributed by atoms with van der Waals surface area (Å²) in [5.41, 5.74) is 0.0188. The predicted molar refractivity (Wildman–Crippen MR) is 98.7 cm³/mol. The molecule has 1 aromatic carbocycles. The molecule has 0 unspecified atom stereocenters. The van der Waals surface area contributed by atoms with Crippen molar-refractivity contribution in [2.45, 2.75) is 30.9 Å². The van der Waals surface area contributed by atoms with E-state index in [9.17, 15) is 9.90 Å². The van der Waals surface area contributed by atoms with Gasteiger partial charge in [-0.3, -0.25) is 9.69 Å². The van der Waals surface area contributed by atoms with Crippen LogP contribution in [0.4, 0.5) is 0 Å². The van der Waals surface area contributed by atoms with Gasteiger partial charge in [0.2, 0.25) is 0 Å². The summed E-state index contributed by atoms with van der Waals surface area (Å²) >= 11 is 0. The summed E-state index contributed by atoms with van der Waals surface area (Å²) in [6.07, 6.45) is 6.27. The number of carbonyl (C=O) groups is 1. The van der Waals surface area contributed by atoms with Crippen LogP contribution in [0, 0.1) is 0 Å². The standard InChI is InChI=1S/C20H26N4O2/c1-22-14-10-21-18(22)19(25)24-13-9-20(26,16-7-3-2-4-8-16)17(15-24)23-11-5-6-12-23/h2-4,7-8,10,14,17,26H,5-6,9,11-13,15H2,1H3/t17-,20+/m1/s1. The zero-order valence-corrected chi connectivity index (χ0v) is 15.2. The number of amides is 1. The van der Waals surface area contributed by atoms with Crippen molar-refractivity contribution in [2.75, 3.05) is 26.2 Å². The molecule has 4 rings (SSSR count). The summed E-state index contributed by atoms with van der Waals surface area (Å²) in [5.74, 6) is 0.395. The molecule has 138 valence electrons. The number of piperidine rings is 1. The topological polar surface area (TPSA) is 61.6 Å². The molecule has 2 aromatic rings. The average molecular weight is 354 g/mol. The van der Waals surface area contributed by atoms with Gasteiger partial charge in [-0.05, 0) is 37.9 Å². The fraction of sp³-hybridized carbons (Fsp3) is 0.500. The Morgan fingerprint density at radius 3 is 2.58 bits per heavy atom. The first-order chi connectivity index (χ1) is 12.6. The fourth-order valence-corrected chi connectivity index (χ4v) is 4.35. The van der Waals surface area contributed by atoms with E-state index in [0.29, 0.717) is 25.3 Å². The molecule has 2 fully saturated rings. The Labute approximate surface area is 154 Å². The third-order valence-corrected chi connectivity index (χ3v) is 5.86. The first kappa shape index (κ1) is 17.2. The molecule has 3 heterocycles. The first-order valence-electron chi connectivity index (χ1n) is 9.38. The Morgan fingerprint density at radius 2 is 1.92 bits per heavy atom. The van der Waals surface area contributed by atoms with Crippen molar-refractivity contribution in [1.82, 2.24) is 19.4 Å². The number of hydrogen-bond donors (Lipinski definition) is 1. The zero-order chi connectivity index (χ0) is 18.1. The predicted octanol–water partition coefficient (Wildman–Crippen LogP) is 1.62. The lowest BCUT2D eigenvalue weighted by atomic mass is 9.79. The van der Waals surface area contributed by atoms with Crippen LogP contribution in [0.25, 0.3) is 0 Å². The highest BCUT2D eigenvalue weighted by atomic mass is 16.3. The molecule has 2 aliphatic rings. The van der Waals surface area contributed by atoms with E-state index in [1.165, 1.54) is 0 Å². The lowest BCUT2D eigenvalue weighted by Crippen LogP contribution is -2.61. The van der Waals surface area contributed by atoms with Crippen LogP contribution >= 0.6 is 0 Å². The molecule has 2 aliphatic heterocycles. The fourth-order valence-electron chi connectivity index (χ4n) is 4.35. The molecule has 6 heteroatoms. The van der Waals surface area contributed by atoms with Gasteiger partial charge in [-0.1, -0.05) is 30.3 Å². The van der Waals surface area contributed by atoms with Gasteiger partial charge in [0.15, 0.2) is 5.82 Å². The van der Waals surface area contributed by atoms with E-state index < -0.39 is 5.60 Å². The quantitative estimate of drug-likeness (QED) is 0.910. The van der Waals surface area contributed by atoms with Crippen molar-refractivity contribution >= 4 is 5.91 Å². The molecule has 0 radical (unpaired) electrons. The number of aryl methyl sites for hydroxylation is 1. The van der Waals surface area contributed by atoms with E-state index in [1.54, 1.807) is 17.0 Å². The second kappa shape index (κ2) is 6.85. The van der Waals surface area contributed by atoms with E-state index in [1.807, 2.05) is 42.3 Å². The second-order valence-electron chi connectivity index (χ2n) is 7.41. The second-order valence-corrected chi connectivity index (χ2v) is 7.41. The van der Waals surface area contributed by atoms with Crippen LogP contribution in [0.1, 0.15) is 35.4 Å². The Morgan fingerprint density at radius 1 is 1.19 bits per heavy atom. The third-order valence-electron chi connectivity index (χ3n) is 5.86. The number of aromatic nitrogens is 2. The lowest BCUT2D eigenvalue weighted by Gasteiger charge is -2.48. The Bertz CT molecular complexity index is 769. The van der Waals surface area contributed by atoms with Gasteiger partial charge in [-0.15, -0.1) is 0 Å². The Balaban J connectivity index is 1.63. The van der Waals surface area contributed by atoms with Crippen molar-refractivity contribution in [2.24, 2.45) is 7.05 Å². The number of rotatable bonds is 3. The monoisotopic (exact) mass is 354 g/mol. The first-order valence-corrected chi connectivity index (χ1v) is 9.38. The van der Waals surface area contributed by atoms with Crippen LogP contribution in [-0.2, 0) is 12.6 Å². The van der Waals surface area contributed by atoms with Gasteiger partial charge in [0.05, 0.1) is 6.04 Å². The maximum atomic E-state index is 12.9. The van der Waals surface area contributed by atoms with E-state index in [0.717, 1.165) is 31.5 Å². The van der Waals surface area contributed by atoms with Crippen molar-refractivity contribution < 1.29 is 9.90 Å². The molecule has 26 heavy (non-hydrogen) atoms. The van der Waals surface area contributed by atoms with Crippen molar-refractivity contribution in [3.05, 3.63) is 54.1 Å². The zero-order valence-electron chi connectivity index (χ0n) is 15.2. The van der Waals surface area contributed by atoms with Gasteiger partial charge in [-0.25, -0.2) is 4.98 Å². The van der Waals surface area contributed by atoms with Gasteiger partial charge in [0, 0.05) is 32.5 Å². The van der Waals surface area contributed by atoms with E-state index >= 15 is 0 Å². The van der Waals surface area contributed by atoms with Crippen molar-refractivity contribution in [3.63, 3.8) is 0 Å². The van der Waals surface area contributed by atoms with Gasteiger partial charge in [0.25, 0.3) is 5.91 Å². The molecule has 1 aromatic heterocycles. The van der Waals surface area contributed by atoms with Crippen LogP contribution < -0.4 is 0 Å². The third kappa shape index (κ3) is 2.93. The maximum absolute atomic E-state index is 12.9. The number of benzene rings is 1. The highest BCUT2D eigenvalue weighted by Gasteiger charge is 2.47. The van der Waals surface area contributed by atoms with Gasteiger partial charge in [-0.2, -0.15) is 0 Å². The van der Waals surface area contributed by atoms with E-state index in [4.69, 9.17) is 0 Å². The molecule has 0 saturated carbocycles. The minimum atomic E-state index is -0.927. The van der Waals surface area contributed by atoms with Gasteiger partial charge in [0.1, 0.15) is 5.60 Å². The normalized spacial score (nSPS) is 27.0. The summed E-state index contributed by atoms with van der Waals surface area (Å²) in [6, 6.07) is 9.82. The highest BCUT2D eigenvalue weighted by Crippen LogP contribution is 2.37. The maximum Gasteiger partial charge on any atom is 0.289 e. The van der Waals surface area contributed by atoms with Gasteiger partial charge < -0.3 is 14.6 Å². The SMILES string of the molecule is Cn1ccnc1C(=O)N1CC[C@](O)(c2ccccc2)[C@H](N2CCCC2)C1. The molecule has 0 bridgehead atoms. The molecule has 0 spiro atoms. The number of likely N-dealkylation sites (tertiary alicyclic amines) is 2. The van der Waals surface area contributed by atoms with Gasteiger partial charge >= 0.3 is 0 Å². The van der Waals surface area contributed by atoms with E-state index in [-0.39, 0.29) is 11.9 Å². The smallest absolute Gasteiger partial charge is 0.289 e. The summed E-state index contributed by atoms with van der Waals surface area (Å²) < 4.78 is 1.76. The van der Waals surface area contributed by atoms with E-state index in [2.05, 4.69) is 9.88 Å².